The van der Waals surface area contributed by atoms with Crippen molar-refractivity contribution < 1.29 is 9.21 Å². The van der Waals surface area contributed by atoms with Crippen molar-refractivity contribution in [3.63, 3.8) is 0 Å². The number of aryl methyl sites for hydroxylation is 1. The molecule has 0 aliphatic heterocycles. The Balaban J connectivity index is 1.42. The van der Waals surface area contributed by atoms with Crippen molar-refractivity contribution >= 4 is 5.91 Å². The molecule has 4 aliphatic rings. The van der Waals surface area contributed by atoms with Crippen molar-refractivity contribution in [1.82, 2.24) is 15.1 Å². The van der Waals surface area contributed by atoms with E-state index in [9.17, 15) is 4.79 Å². The van der Waals surface area contributed by atoms with Crippen LogP contribution in [0.1, 0.15) is 70.6 Å². The Morgan fingerprint density at radius 1 is 1.08 bits per heavy atom. The first-order valence-electron chi connectivity index (χ1n) is 9.68. The molecule has 1 aromatic rings. The molecule has 0 atom stereocenters. The smallest absolute Gasteiger partial charge is 0.235 e. The standard InChI is InChI=1S/C19H29N3O2/c1-3-16-20-21-17(24-16)12-22(4-2)18(23)11-19-8-13-5-14(9-19)7-15(6-13)10-19/h13-15H,3-12H2,1-2H3. The number of aromatic nitrogens is 2. The van der Waals surface area contributed by atoms with Crippen LogP contribution >= 0.6 is 0 Å². The highest BCUT2D eigenvalue weighted by Crippen LogP contribution is 2.61. The first kappa shape index (κ1) is 16.1. The van der Waals surface area contributed by atoms with Crippen LogP contribution in [-0.2, 0) is 17.8 Å². The van der Waals surface area contributed by atoms with E-state index >= 15 is 0 Å². The molecule has 5 nitrogen and oxygen atoms in total. The minimum absolute atomic E-state index is 0.274. The van der Waals surface area contributed by atoms with Gasteiger partial charge in [0.25, 0.3) is 0 Å². The van der Waals surface area contributed by atoms with Gasteiger partial charge in [0.15, 0.2) is 0 Å². The Kier molecular flexibility index (Phi) is 4.13. The summed E-state index contributed by atoms with van der Waals surface area (Å²) in [5.74, 6) is 4.16. The Bertz CT molecular complexity index is 574. The summed E-state index contributed by atoms with van der Waals surface area (Å²) in [6, 6.07) is 0. The van der Waals surface area contributed by atoms with Crippen LogP contribution in [0.15, 0.2) is 4.42 Å². The summed E-state index contributed by atoms with van der Waals surface area (Å²) >= 11 is 0. The molecule has 1 amide bonds. The Morgan fingerprint density at radius 2 is 1.67 bits per heavy atom. The topological polar surface area (TPSA) is 59.2 Å². The average Bonchev–Trinajstić information content (AvgIpc) is 2.98. The molecular weight excluding hydrogens is 302 g/mol. The highest BCUT2D eigenvalue weighted by atomic mass is 16.4. The van der Waals surface area contributed by atoms with Crippen LogP contribution in [0.3, 0.4) is 0 Å². The second kappa shape index (κ2) is 6.16. The van der Waals surface area contributed by atoms with E-state index < -0.39 is 0 Å². The van der Waals surface area contributed by atoms with E-state index in [2.05, 4.69) is 10.2 Å². The fourth-order valence-electron chi connectivity index (χ4n) is 5.97. The zero-order chi connectivity index (χ0) is 16.7. The molecule has 5 heteroatoms. The van der Waals surface area contributed by atoms with Gasteiger partial charge in [-0.1, -0.05) is 6.92 Å². The van der Waals surface area contributed by atoms with Crippen molar-refractivity contribution in [2.75, 3.05) is 6.54 Å². The number of hydrogen-bond acceptors (Lipinski definition) is 4. The van der Waals surface area contributed by atoms with Gasteiger partial charge in [-0.3, -0.25) is 4.79 Å². The zero-order valence-corrected chi connectivity index (χ0v) is 15.0. The molecule has 0 unspecified atom stereocenters. The predicted octanol–water partition coefficient (Wildman–Crippen LogP) is 3.59. The van der Waals surface area contributed by atoms with Gasteiger partial charge in [0.2, 0.25) is 17.7 Å². The fraction of sp³-hybridized carbons (Fsp3) is 0.842. The summed E-state index contributed by atoms with van der Waals surface area (Å²) in [6.07, 6.45) is 9.57. The molecule has 4 bridgehead atoms. The normalized spacial score (nSPS) is 33.8. The Morgan fingerprint density at radius 3 is 2.17 bits per heavy atom. The molecule has 0 N–H and O–H groups in total. The van der Waals surface area contributed by atoms with Crippen molar-refractivity contribution in [2.24, 2.45) is 23.2 Å². The van der Waals surface area contributed by atoms with Crippen molar-refractivity contribution in [2.45, 2.75) is 71.8 Å². The number of nitrogens with zero attached hydrogens (tertiary/aromatic N) is 3. The first-order valence-corrected chi connectivity index (χ1v) is 9.68. The largest absolute Gasteiger partial charge is 0.423 e. The minimum atomic E-state index is 0.274. The van der Waals surface area contributed by atoms with E-state index in [4.69, 9.17) is 4.42 Å². The lowest BCUT2D eigenvalue weighted by Gasteiger charge is -2.57. The van der Waals surface area contributed by atoms with E-state index in [1.54, 1.807) is 0 Å². The lowest BCUT2D eigenvalue weighted by Crippen LogP contribution is -2.48. The van der Waals surface area contributed by atoms with Crippen LogP contribution in [0.4, 0.5) is 0 Å². The molecule has 0 spiro atoms. The highest BCUT2D eigenvalue weighted by molar-refractivity contribution is 5.77. The van der Waals surface area contributed by atoms with Gasteiger partial charge < -0.3 is 9.32 Å². The van der Waals surface area contributed by atoms with Crippen molar-refractivity contribution in [1.29, 1.82) is 0 Å². The maximum atomic E-state index is 13.0. The highest BCUT2D eigenvalue weighted by Gasteiger charge is 2.51. The van der Waals surface area contributed by atoms with Crippen LogP contribution in [0.25, 0.3) is 0 Å². The van der Waals surface area contributed by atoms with Gasteiger partial charge in [-0.2, -0.15) is 0 Å². The van der Waals surface area contributed by atoms with Crippen LogP contribution in [0, 0.1) is 23.2 Å². The quantitative estimate of drug-likeness (QED) is 0.799. The lowest BCUT2D eigenvalue weighted by atomic mass is 9.49. The number of carbonyl (C=O) groups excluding carboxylic acids is 1. The summed E-state index contributed by atoms with van der Waals surface area (Å²) in [4.78, 5) is 14.9. The van der Waals surface area contributed by atoms with Gasteiger partial charge in [0.1, 0.15) is 0 Å². The molecule has 1 aromatic heterocycles. The number of rotatable bonds is 6. The third-order valence-electron chi connectivity index (χ3n) is 6.56. The van der Waals surface area contributed by atoms with Gasteiger partial charge in [-0.25, -0.2) is 0 Å². The van der Waals surface area contributed by atoms with Crippen LogP contribution in [0.5, 0.6) is 0 Å². The molecule has 0 aromatic carbocycles. The van der Waals surface area contributed by atoms with Gasteiger partial charge in [0, 0.05) is 19.4 Å². The maximum Gasteiger partial charge on any atom is 0.235 e. The molecule has 4 aliphatic carbocycles. The zero-order valence-electron chi connectivity index (χ0n) is 15.0. The summed E-state index contributed by atoms with van der Waals surface area (Å²) in [5, 5.41) is 8.08. The lowest BCUT2D eigenvalue weighted by molar-refractivity contribution is -0.140. The summed E-state index contributed by atoms with van der Waals surface area (Å²) in [5.41, 5.74) is 0.294. The summed E-state index contributed by atoms with van der Waals surface area (Å²) in [6.45, 7) is 5.19. The third-order valence-corrected chi connectivity index (χ3v) is 6.56. The molecule has 0 saturated heterocycles. The van der Waals surface area contributed by atoms with Crippen LogP contribution < -0.4 is 0 Å². The predicted molar refractivity (Wildman–Crippen MR) is 90.0 cm³/mol. The van der Waals surface area contributed by atoms with E-state index in [1.807, 2.05) is 18.7 Å². The van der Waals surface area contributed by atoms with Crippen LogP contribution in [0.2, 0.25) is 0 Å². The van der Waals surface area contributed by atoms with E-state index in [0.29, 0.717) is 30.3 Å². The molecule has 132 valence electrons. The van der Waals surface area contributed by atoms with Gasteiger partial charge in [0.05, 0.1) is 6.54 Å². The molecule has 1 heterocycles. The molecular formula is C19H29N3O2. The maximum absolute atomic E-state index is 13.0. The third kappa shape index (κ3) is 2.98. The van der Waals surface area contributed by atoms with Crippen LogP contribution in [-0.4, -0.2) is 27.5 Å². The summed E-state index contributed by atoms with van der Waals surface area (Å²) in [7, 11) is 0. The monoisotopic (exact) mass is 331 g/mol. The molecule has 4 fully saturated rings. The molecule has 5 rings (SSSR count). The SMILES string of the molecule is CCc1nnc(CN(CC)C(=O)CC23CC4CC(CC(C4)C2)C3)o1. The molecule has 24 heavy (non-hydrogen) atoms. The number of hydrogen-bond donors (Lipinski definition) is 0. The number of amides is 1. The van der Waals surface area contributed by atoms with Crippen molar-refractivity contribution in [3.05, 3.63) is 11.8 Å². The molecule has 4 saturated carbocycles. The van der Waals surface area contributed by atoms with Gasteiger partial charge >= 0.3 is 0 Å². The fourth-order valence-corrected chi connectivity index (χ4v) is 5.97. The minimum Gasteiger partial charge on any atom is -0.423 e. The van der Waals surface area contributed by atoms with Gasteiger partial charge in [-0.05, 0) is 68.6 Å². The van der Waals surface area contributed by atoms with E-state index in [0.717, 1.165) is 30.6 Å². The average molecular weight is 331 g/mol. The second-order valence-electron chi connectivity index (χ2n) is 8.45. The Labute approximate surface area is 144 Å². The molecule has 0 radical (unpaired) electrons. The first-order chi connectivity index (χ1) is 11.6. The van der Waals surface area contributed by atoms with Gasteiger partial charge in [-0.15, -0.1) is 10.2 Å². The number of carbonyl (C=O) groups is 1. The van der Waals surface area contributed by atoms with E-state index in [-0.39, 0.29) is 5.91 Å². The Hall–Kier alpha value is -1.39. The second-order valence-corrected chi connectivity index (χ2v) is 8.45. The van der Waals surface area contributed by atoms with E-state index in [1.165, 1.54) is 38.5 Å². The van der Waals surface area contributed by atoms with Crippen molar-refractivity contribution in [3.8, 4) is 0 Å². The summed E-state index contributed by atoms with van der Waals surface area (Å²) < 4.78 is 5.59.